The number of para-hydroxylation sites is 1. The fourth-order valence-corrected chi connectivity index (χ4v) is 3.13. The number of nitrogens with one attached hydrogen (secondary N) is 1. The molecule has 2 aromatic rings. The zero-order valence-corrected chi connectivity index (χ0v) is 14.6. The Balaban J connectivity index is 2.33. The molecular weight excluding hydrogens is 324 g/mol. The Morgan fingerprint density at radius 3 is 2.43 bits per heavy atom. The quantitative estimate of drug-likeness (QED) is 0.789. The van der Waals surface area contributed by atoms with E-state index in [9.17, 15) is 0 Å². The van der Waals surface area contributed by atoms with E-state index in [-0.39, 0.29) is 0 Å². The summed E-state index contributed by atoms with van der Waals surface area (Å²) in [6.07, 6.45) is 0. The third kappa shape index (κ3) is 3.86. The van der Waals surface area contributed by atoms with E-state index in [1.54, 1.807) is 0 Å². The lowest BCUT2D eigenvalue weighted by Gasteiger charge is -2.26. The molecule has 0 amide bonds. The monoisotopic (exact) mass is 346 g/mol. The molecule has 0 atom stereocenters. The molecular formula is C18H23BrN2. The standard InChI is InChI=1S/C18H23BrN2/c1-4-20-13-15-10-11-18(16(19)12-15)21(5-2)17-9-7-6-8-14(17)3/h6-12,20H,4-5,13H2,1-3H3. The van der Waals surface area contributed by atoms with Gasteiger partial charge in [0.2, 0.25) is 0 Å². The summed E-state index contributed by atoms with van der Waals surface area (Å²) in [5.41, 5.74) is 5.07. The topological polar surface area (TPSA) is 15.3 Å². The number of rotatable bonds is 6. The van der Waals surface area contributed by atoms with Crippen LogP contribution in [0.4, 0.5) is 11.4 Å². The second-order valence-corrected chi connectivity index (χ2v) is 5.95. The molecule has 2 nitrogen and oxygen atoms in total. The highest BCUT2D eigenvalue weighted by Gasteiger charge is 2.12. The van der Waals surface area contributed by atoms with Gasteiger partial charge in [-0.05, 0) is 65.6 Å². The molecule has 0 saturated heterocycles. The van der Waals surface area contributed by atoms with Crippen LogP contribution in [0, 0.1) is 6.92 Å². The normalized spacial score (nSPS) is 10.7. The van der Waals surface area contributed by atoms with Crippen molar-refractivity contribution < 1.29 is 0 Å². The van der Waals surface area contributed by atoms with Crippen LogP contribution in [0.3, 0.4) is 0 Å². The highest BCUT2D eigenvalue weighted by molar-refractivity contribution is 9.10. The summed E-state index contributed by atoms with van der Waals surface area (Å²) in [7, 11) is 0. The molecule has 1 N–H and O–H groups in total. The minimum atomic E-state index is 0.909. The van der Waals surface area contributed by atoms with Crippen LogP contribution in [0.25, 0.3) is 0 Å². The van der Waals surface area contributed by atoms with Gasteiger partial charge in [0, 0.05) is 23.2 Å². The lowest BCUT2D eigenvalue weighted by Crippen LogP contribution is -2.18. The Bertz CT molecular complexity index is 596. The maximum Gasteiger partial charge on any atom is 0.0555 e. The highest BCUT2D eigenvalue weighted by Crippen LogP contribution is 2.34. The van der Waals surface area contributed by atoms with Crippen molar-refractivity contribution in [3.05, 3.63) is 58.1 Å². The summed E-state index contributed by atoms with van der Waals surface area (Å²) in [4.78, 5) is 2.34. The minimum absolute atomic E-state index is 0.909. The SMILES string of the molecule is CCNCc1ccc(N(CC)c2ccccc2C)c(Br)c1. The second kappa shape index (κ2) is 7.62. The smallest absolute Gasteiger partial charge is 0.0555 e. The Labute approximate surface area is 136 Å². The van der Waals surface area contributed by atoms with Crippen LogP contribution in [-0.4, -0.2) is 13.1 Å². The van der Waals surface area contributed by atoms with Gasteiger partial charge in [-0.1, -0.05) is 31.2 Å². The molecule has 3 heteroatoms. The third-order valence-electron chi connectivity index (χ3n) is 3.60. The van der Waals surface area contributed by atoms with Gasteiger partial charge < -0.3 is 10.2 Å². The fraction of sp³-hybridized carbons (Fsp3) is 0.333. The molecule has 0 saturated carbocycles. The van der Waals surface area contributed by atoms with Gasteiger partial charge in [0.1, 0.15) is 0 Å². The van der Waals surface area contributed by atoms with E-state index in [4.69, 9.17) is 0 Å². The molecule has 2 aromatic carbocycles. The predicted octanol–water partition coefficient (Wildman–Crippen LogP) is 5.03. The first-order valence-electron chi connectivity index (χ1n) is 7.49. The molecule has 0 aliphatic heterocycles. The van der Waals surface area contributed by atoms with E-state index < -0.39 is 0 Å². The summed E-state index contributed by atoms with van der Waals surface area (Å²) >= 11 is 3.73. The molecule has 0 fully saturated rings. The molecule has 112 valence electrons. The summed E-state index contributed by atoms with van der Waals surface area (Å²) in [6, 6.07) is 15.1. The number of hydrogen-bond donors (Lipinski definition) is 1. The summed E-state index contributed by atoms with van der Waals surface area (Å²) in [5, 5.41) is 3.36. The van der Waals surface area contributed by atoms with Gasteiger partial charge in [-0.25, -0.2) is 0 Å². The Kier molecular flexibility index (Phi) is 5.83. The molecule has 21 heavy (non-hydrogen) atoms. The van der Waals surface area contributed by atoms with Crippen molar-refractivity contribution in [2.75, 3.05) is 18.0 Å². The van der Waals surface area contributed by atoms with Crippen molar-refractivity contribution in [3.63, 3.8) is 0 Å². The van der Waals surface area contributed by atoms with Gasteiger partial charge in [0.25, 0.3) is 0 Å². The van der Waals surface area contributed by atoms with Crippen molar-refractivity contribution in [1.29, 1.82) is 0 Å². The van der Waals surface area contributed by atoms with E-state index in [0.29, 0.717) is 0 Å². The average molecular weight is 347 g/mol. The minimum Gasteiger partial charge on any atom is -0.341 e. The van der Waals surface area contributed by atoms with E-state index in [2.05, 4.69) is 89.4 Å². The number of aryl methyl sites for hydroxylation is 1. The zero-order valence-electron chi connectivity index (χ0n) is 13.0. The first kappa shape index (κ1) is 16.1. The highest BCUT2D eigenvalue weighted by atomic mass is 79.9. The Morgan fingerprint density at radius 2 is 1.81 bits per heavy atom. The van der Waals surface area contributed by atoms with Crippen LogP contribution in [0.15, 0.2) is 46.9 Å². The maximum absolute atomic E-state index is 3.73. The number of halogens is 1. The van der Waals surface area contributed by atoms with Crippen LogP contribution in [-0.2, 0) is 6.54 Å². The van der Waals surface area contributed by atoms with E-state index in [1.807, 2.05) is 0 Å². The lowest BCUT2D eigenvalue weighted by molar-refractivity contribution is 0.726. The van der Waals surface area contributed by atoms with Crippen molar-refractivity contribution in [2.45, 2.75) is 27.3 Å². The van der Waals surface area contributed by atoms with Gasteiger partial charge in [-0.15, -0.1) is 0 Å². The Hall–Kier alpha value is -1.32. The molecule has 0 unspecified atom stereocenters. The van der Waals surface area contributed by atoms with Crippen LogP contribution in [0.2, 0.25) is 0 Å². The van der Waals surface area contributed by atoms with Crippen molar-refractivity contribution >= 4 is 27.3 Å². The van der Waals surface area contributed by atoms with Crippen LogP contribution in [0.5, 0.6) is 0 Å². The second-order valence-electron chi connectivity index (χ2n) is 5.10. The number of anilines is 2. The molecule has 0 aliphatic rings. The average Bonchev–Trinajstić information content (AvgIpc) is 2.49. The maximum atomic E-state index is 3.73. The van der Waals surface area contributed by atoms with Gasteiger partial charge in [-0.3, -0.25) is 0 Å². The molecule has 0 aromatic heterocycles. The van der Waals surface area contributed by atoms with Gasteiger partial charge >= 0.3 is 0 Å². The molecule has 2 rings (SSSR count). The zero-order chi connectivity index (χ0) is 15.2. The van der Waals surface area contributed by atoms with E-state index >= 15 is 0 Å². The Morgan fingerprint density at radius 1 is 1.05 bits per heavy atom. The largest absolute Gasteiger partial charge is 0.341 e. The van der Waals surface area contributed by atoms with E-state index in [0.717, 1.165) is 24.1 Å². The van der Waals surface area contributed by atoms with Crippen LogP contribution < -0.4 is 10.2 Å². The number of hydrogen-bond acceptors (Lipinski definition) is 2. The lowest BCUT2D eigenvalue weighted by atomic mass is 10.1. The first-order valence-corrected chi connectivity index (χ1v) is 8.29. The van der Waals surface area contributed by atoms with Crippen molar-refractivity contribution in [1.82, 2.24) is 5.32 Å². The van der Waals surface area contributed by atoms with Gasteiger partial charge in [0.05, 0.1) is 5.69 Å². The van der Waals surface area contributed by atoms with Crippen molar-refractivity contribution in [2.24, 2.45) is 0 Å². The van der Waals surface area contributed by atoms with E-state index in [1.165, 1.54) is 22.5 Å². The number of benzene rings is 2. The molecule has 0 radical (unpaired) electrons. The molecule has 0 heterocycles. The van der Waals surface area contributed by atoms with Gasteiger partial charge in [0.15, 0.2) is 0 Å². The third-order valence-corrected chi connectivity index (χ3v) is 4.24. The van der Waals surface area contributed by atoms with Gasteiger partial charge in [-0.2, -0.15) is 0 Å². The predicted molar refractivity (Wildman–Crippen MR) is 95.4 cm³/mol. The molecule has 0 aliphatic carbocycles. The van der Waals surface area contributed by atoms with Crippen LogP contribution in [0.1, 0.15) is 25.0 Å². The fourth-order valence-electron chi connectivity index (χ4n) is 2.49. The molecule has 0 bridgehead atoms. The number of nitrogens with zero attached hydrogens (tertiary/aromatic N) is 1. The summed E-state index contributed by atoms with van der Waals surface area (Å²) in [5.74, 6) is 0. The summed E-state index contributed by atoms with van der Waals surface area (Å²) in [6.45, 7) is 9.31. The summed E-state index contributed by atoms with van der Waals surface area (Å²) < 4.78 is 1.14. The molecule has 0 spiro atoms. The van der Waals surface area contributed by atoms with Crippen LogP contribution >= 0.6 is 15.9 Å². The first-order chi connectivity index (χ1) is 10.2. The van der Waals surface area contributed by atoms with Crippen molar-refractivity contribution in [3.8, 4) is 0 Å².